The highest BCUT2D eigenvalue weighted by Gasteiger charge is 2.42. The molecule has 0 saturated heterocycles. The Morgan fingerprint density at radius 1 is 0.833 bits per heavy atom. The fraction of sp³-hybridized carbons (Fsp3) is 0.273. The SMILES string of the molecule is NC1=NC2(CCCCC2)N(c2ccc(-n3nncc3-c3ccccc3)cc2)C(N)=N1. The van der Waals surface area contributed by atoms with E-state index in [9.17, 15) is 0 Å². The fourth-order valence-corrected chi connectivity index (χ4v) is 4.47. The number of nitrogens with zero attached hydrogens (tertiary/aromatic N) is 6. The molecule has 152 valence electrons. The first-order valence-corrected chi connectivity index (χ1v) is 10.2. The molecular formula is C22H24N8. The third-order valence-corrected chi connectivity index (χ3v) is 5.82. The lowest BCUT2D eigenvalue weighted by atomic mass is 9.87. The predicted molar refractivity (Wildman–Crippen MR) is 118 cm³/mol. The molecule has 1 aliphatic carbocycles. The van der Waals surface area contributed by atoms with Gasteiger partial charge in [-0.25, -0.2) is 9.67 Å². The van der Waals surface area contributed by atoms with E-state index in [0.29, 0.717) is 5.96 Å². The Labute approximate surface area is 174 Å². The lowest BCUT2D eigenvalue weighted by molar-refractivity contribution is 0.305. The summed E-state index contributed by atoms with van der Waals surface area (Å²) in [5.74, 6) is 0.653. The molecule has 2 aromatic carbocycles. The molecular weight excluding hydrogens is 376 g/mol. The Bertz CT molecular complexity index is 1090. The van der Waals surface area contributed by atoms with Gasteiger partial charge in [0.15, 0.2) is 0 Å². The van der Waals surface area contributed by atoms with Crippen LogP contribution in [0.15, 0.2) is 70.8 Å². The molecule has 1 fully saturated rings. The smallest absolute Gasteiger partial charge is 0.220 e. The third-order valence-electron chi connectivity index (χ3n) is 5.82. The van der Waals surface area contributed by atoms with Crippen LogP contribution in [-0.4, -0.2) is 32.6 Å². The standard InChI is InChI=1S/C22H24N8/c23-20-26-21(24)29(22(27-20)13-5-2-6-14-22)17-9-11-18(12-10-17)30-19(15-25-28-30)16-7-3-1-4-8-16/h1,3-4,7-12,15H,2,5-6,13-14H2,(H4,23,24,26,27). The van der Waals surface area contributed by atoms with Crippen LogP contribution in [0, 0.1) is 0 Å². The average molecular weight is 400 g/mol. The van der Waals surface area contributed by atoms with Gasteiger partial charge in [0.25, 0.3) is 0 Å². The number of anilines is 1. The Balaban J connectivity index is 1.50. The molecule has 1 aliphatic heterocycles. The first kappa shape index (κ1) is 18.4. The van der Waals surface area contributed by atoms with Gasteiger partial charge in [-0.2, -0.15) is 4.99 Å². The van der Waals surface area contributed by atoms with Crippen molar-refractivity contribution in [3.05, 3.63) is 60.8 Å². The first-order valence-electron chi connectivity index (χ1n) is 10.2. The summed E-state index contributed by atoms with van der Waals surface area (Å²) in [4.78, 5) is 11.0. The molecule has 8 nitrogen and oxygen atoms in total. The molecule has 0 amide bonds. The monoisotopic (exact) mass is 400 g/mol. The zero-order valence-electron chi connectivity index (χ0n) is 16.6. The van der Waals surface area contributed by atoms with E-state index in [1.807, 2.05) is 64.2 Å². The molecule has 0 bridgehead atoms. The van der Waals surface area contributed by atoms with Crippen molar-refractivity contribution in [1.82, 2.24) is 15.0 Å². The Morgan fingerprint density at radius 2 is 1.53 bits per heavy atom. The van der Waals surface area contributed by atoms with Crippen molar-refractivity contribution in [3.8, 4) is 16.9 Å². The minimum atomic E-state index is -0.446. The van der Waals surface area contributed by atoms with E-state index >= 15 is 0 Å². The lowest BCUT2D eigenvalue weighted by Crippen LogP contribution is -2.58. The molecule has 4 N–H and O–H groups in total. The maximum atomic E-state index is 6.33. The summed E-state index contributed by atoms with van der Waals surface area (Å²) in [6.07, 6.45) is 6.98. The second-order valence-electron chi connectivity index (χ2n) is 7.73. The Morgan fingerprint density at radius 3 is 2.27 bits per heavy atom. The van der Waals surface area contributed by atoms with E-state index in [-0.39, 0.29) is 5.96 Å². The van der Waals surface area contributed by atoms with Crippen LogP contribution in [0.4, 0.5) is 5.69 Å². The molecule has 0 radical (unpaired) electrons. The van der Waals surface area contributed by atoms with E-state index in [1.165, 1.54) is 6.42 Å². The molecule has 5 rings (SSSR count). The first-order chi connectivity index (χ1) is 14.7. The maximum absolute atomic E-state index is 6.33. The molecule has 30 heavy (non-hydrogen) atoms. The normalized spacial score (nSPS) is 18.2. The van der Waals surface area contributed by atoms with Gasteiger partial charge in [0.2, 0.25) is 11.9 Å². The second-order valence-corrected chi connectivity index (χ2v) is 7.73. The largest absolute Gasteiger partial charge is 0.369 e. The quantitative estimate of drug-likeness (QED) is 0.702. The number of benzene rings is 2. The topological polar surface area (TPSA) is 111 Å². The molecule has 1 saturated carbocycles. The highest BCUT2D eigenvalue weighted by molar-refractivity contribution is 6.05. The molecule has 1 spiro atoms. The fourth-order valence-electron chi connectivity index (χ4n) is 4.47. The molecule has 0 unspecified atom stereocenters. The van der Waals surface area contributed by atoms with Crippen molar-refractivity contribution in [1.29, 1.82) is 0 Å². The highest BCUT2D eigenvalue weighted by atomic mass is 15.4. The van der Waals surface area contributed by atoms with Crippen LogP contribution in [0.2, 0.25) is 0 Å². The third kappa shape index (κ3) is 3.10. The van der Waals surface area contributed by atoms with Crippen LogP contribution in [-0.2, 0) is 0 Å². The van der Waals surface area contributed by atoms with E-state index in [4.69, 9.17) is 16.5 Å². The van der Waals surface area contributed by atoms with E-state index < -0.39 is 5.66 Å². The van der Waals surface area contributed by atoms with Gasteiger partial charge >= 0.3 is 0 Å². The van der Waals surface area contributed by atoms with Gasteiger partial charge < -0.3 is 11.5 Å². The van der Waals surface area contributed by atoms with Gasteiger partial charge in [0.05, 0.1) is 17.6 Å². The zero-order valence-corrected chi connectivity index (χ0v) is 16.6. The molecule has 3 aromatic rings. The van der Waals surface area contributed by atoms with Gasteiger partial charge in [0, 0.05) is 11.3 Å². The minimum absolute atomic E-state index is 0.261. The number of hydrogen-bond donors (Lipinski definition) is 2. The maximum Gasteiger partial charge on any atom is 0.220 e. The molecule has 1 aromatic heterocycles. The lowest BCUT2D eigenvalue weighted by Gasteiger charge is -2.45. The summed E-state index contributed by atoms with van der Waals surface area (Å²) in [6, 6.07) is 18.2. The minimum Gasteiger partial charge on any atom is -0.369 e. The van der Waals surface area contributed by atoms with Gasteiger partial charge in [-0.05, 0) is 49.9 Å². The van der Waals surface area contributed by atoms with Crippen molar-refractivity contribution in [2.24, 2.45) is 21.5 Å². The number of guanidine groups is 2. The molecule has 2 aliphatic rings. The zero-order chi connectivity index (χ0) is 20.6. The number of aromatic nitrogens is 3. The number of nitrogens with two attached hydrogens (primary N) is 2. The van der Waals surface area contributed by atoms with Crippen LogP contribution in [0.5, 0.6) is 0 Å². The molecule has 8 heteroatoms. The van der Waals surface area contributed by atoms with Gasteiger partial charge in [-0.1, -0.05) is 42.0 Å². The van der Waals surface area contributed by atoms with Crippen molar-refractivity contribution in [2.75, 3.05) is 4.90 Å². The van der Waals surface area contributed by atoms with Crippen LogP contribution in [0.3, 0.4) is 0 Å². The van der Waals surface area contributed by atoms with Crippen molar-refractivity contribution in [2.45, 2.75) is 37.8 Å². The summed E-state index contributed by atoms with van der Waals surface area (Å²) in [7, 11) is 0. The molecule has 0 atom stereocenters. The summed E-state index contributed by atoms with van der Waals surface area (Å²) in [5, 5.41) is 8.39. The van der Waals surface area contributed by atoms with Crippen molar-refractivity contribution in [3.63, 3.8) is 0 Å². The van der Waals surface area contributed by atoms with Gasteiger partial charge in [0.1, 0.15) is 5.66 Å². The second kappa shape index (κ2) is 7.29. The van der Waals surface area contributed by atoms with Crippen LogP contribution >= 0.6 is 0 Å². The van der Waals surface area contributed by atoms with E-state index in [2.05, 4.69) is 15.3 Å². The summed E-state index contributed by atoms with van der Waals surface area (Å²) < 4.78 is 1.83. The van der Waals surface area contributed by atoms with Crippen LogP contribution in [0.25, 0.3) is 16.9 Å². The predicted octanol–water partition coefficient (Wildman–Crippen LogP) is 3.04. The Hall–Kier alpha value is -3.68. The number of hydrogen-bond acceptors (Lipinski definition) is 7. The number of aliphatic imine (C=N–C) groups is 2. The Kier molecular flexibility index (Phi) is 4.46. The molecule has 2 heterocycles. The average Bonchev–Trinajstić information content (AvgIpc) is 3.25. The summed E-state index contributed by atoms with van der Waals surface area (Å²) >= 11 is 0. The van der Waals surface area contributed by atoms with E-state index in [1.54, 1.807) is 6.20 Å². The van der Waals surface area contributed by atoms with E-state index in [0.717, 1.165) is 48.3 Å². The van der Waals surface area contributed by atoms with Crippen LogP contribution in [0.1, 0.15) is 32.1 Å². The van der Waals surface area contributed by atoms with Gasteiger partial charge in [-0.3, -0.25) is 4.90 Å². The van der Waals surface area contributed by atoms with Crippen molar-refractivity contribution >= 4 is 17.6 Å². The van der Waals surface area contributed by atoms with Crippen LogP contribution < -0.4 is 16.4 Å². The number of rotatable bonds is 3. The summed E-state index contributed by atoms with van der Waals surface area (Å²) in [5.41, 5.74) is 15.7. The van der Waals surface area contributed by atoms with Gasteiger partial charge in [-0.15, -0.1) is 5.10 Å². The highest BCUT2D eigenvalue weighted by Crippen LogP contribution is 2.39. The van der Waals surface area contributed by atoms with Crippen molar-refractivity contribution < 1.29 is 0 Å². The summed E-state index contributed by atoms with van der Waals surface area (Å²) in [6.45, 7) is 0.